The Kier molecular flexibility index (Phi) is 14.9. The molecule has 0 bridgehead atoms. The summed E-state index contributed by atoms with van der Waals surface area (Å²) in [5.41, 5.74) is -0.0232. The number of nitrogens with zero attached hydrogens (tertiary/aromatic N) is 1. The van der Waals surface area contributed by atoms with Gasteiger partial charge in [0.05, 0.1) is 12.2 Å². The monoisotopic (exact) mass is 534 g/mol. The summed E-state index contributed by atoms with van der Waals surface area (Å²) in [6.45, 7) is 7.32. The lowest BCUT2D eigenvalue weighted by atomic mass is 10.1. The van der Waals surface area contributed by atoms with Crippen LogP contribution in [0.15, 0.2) is 42.5 Å². The number of carboxylic acids is 4. The van der Waals surface area contributed by atoms with Gasteiger partial charge >= 0.3 is 30.1 Å². The van der Waals surface area contributed by atoms with Gasteiger partial charge in [-0.25, -0.2) is 19.2 Å². The van der Waals surface area contributed by atoms with E-state index in [0.29, 0.717) is 54.8 Å². The smallest absolute Gasteiger partial charge is 0.416 e. The highest BCUT2D eigenvalue weighted by molar-refractivity contribution is 5.90. The second-order valence-electron chi connectivity index (χ2n) is 7.36. The zero-order chi connectivity index (χ0) is 28.6. The molecule has 0 aromatic heterocycles. The van der Waals surface area contributed by atoms with Crippen LogP contribution in [-0.4, -0.2) is 81.5 Å². The van der Waals surface area contributed by atoms with Crippen molar-refractivity contribution in [2.24, 2.45) is 0 Å². The van der Waals surface area contributed by atoms with E-state index < -0.39 is 35.6 Å². The maximum Gasteiger partial charge on any atom is 0.416 e. The van der Waals surface area contributed by atoms with E-state index in [0.717, 1.165) is 25.7 Å². The van der Waals surface area contributed by atoms with Gasteiger partial charge in [0.2, 0.25) is 0 Å². The van der Waals surface area contributed by atoms with Crippen LogP contribution in [0.2, 0.25) is 0 Å². The van der Waals surface area contributed by atoms with Gasteiger partial charge in [-0.15, -0.1) is 0 Å². The molecule has 11 nitrogen and oxygen atoms in total. The zero-order valence-corrected chi connectivity index (χ0v) is 20.1. The van der Waals surface area contributed by atoms with Gasteiger partial charge in [-0.3, -0.25) is 4.90 Å². The van der Waals surface area contributed by atoms with Crippen LogP contribution in [-0.2, 0) is 31.9 Å². The van der Waals surface area contributed by atoms with E-state index >= 15 is 0 Å². The Morgan fingerprint density at radius 3 is 1.86 bits per heavy atom. The van der Waals surface area contributed by atoms with Crippen molar-refractivity contribution in [1.29, 1.82) is 0 Å². The zero-order valence-electron chi connectivity index (χ0n) is 20.1. The number of ether oxygens (including phenoxy) is 1. The predicted molar refractivity (Wildman–Crippen MR) is 124 cm³/mol. The third kappa shape index (κ3) is 16.4. The Morgan fingerprint density at radius 1 is 1.00 bits per heavy atom. The molecule has 1 aromatic rings. The van der Waals surface area contributed by atoms with E-state index in [9.17, 15) is 32.3 Å². The van der Waals surface area contributed by atoms with Crippen LogP contribution in [0.1, 0.15) is 25.0 Å². The number of benzene rings is 1. The van der Waals surface area contributed by atoms with E-state index in [1.807, 2.05) is 6.92 Å². The number of aliphatic carboxylic acids is 4. The minimum atomic E-state index is -4.32. The van der Waals surface area contributed by atoms with Crippen molar-refractivity contribution in [2.75, 3.05) is 26.2 Å². The SMILES string of the molecule is CCOc1ccc(C(F)(F)F)cc1CN1CCN[C@H](C)C1.O=C(O)/C=C/C(=O)O.O=C(O)/C=C/C(=O)O. The molecule has 1 aromatic carbocycles. The van der Waals surface area contributed by atoms with Gasteiger partial charge in [-0.2, -0.15) is 13.2 Å². The Hall–Kier alpha value is -3.91. The lowest BCUT2D eigenvalue weighted by Gasteiger charge is -2.32. The number of nitrogens with one attached hydrogen (secondary N) is 1. The summed E-state index contributed by atoms with van der Waals surface area (Å²) in [7, 11) is 0. The maximum absolute atomic E-state index is 12.9. The molecular formula is C23H29F3N2O9. The Labute approximate surface area is 210 Å². The summed E-state index contributed by atoms with van der Waals surface area (Å²) < 4.78 is 44.0. The average Bonchev–Trinajstić information content (AvgIpc) is 2.78. The van der Waals surface area contributed by atoms with Crippen LogP contribution in [0.25, 0.3) is 0 Å². The molecule has 0 radical (unpaired) electrons. The molecule has 0 spiro atoms. The van der Waals surface area contributed by atoms with Crippen LogP contribution in [0.5, 0.6) is 5.75 Å². The van der Waals surface area contributed by atoms with Gasteiger partial charge < -0.3 is 30.5 Å². The molecule has 1 aliphatic heterocycles. The van der Waals surface area contributed by atoms with Crippen molar-refractivity contribution in [3.05, 3.63) is 53.6 Å². The number of hydrogen-bond acceptors (Lipinski definition) is 7. The highest BCUT2D eigenvalue weighted by Gasteiger charge is 2.31. The van der Waals surface area contributed by atoms with E-state index in [1.54, 1.807) is 0 Å². The second kappa shape index (κ2) is 16.7. The Morgan fingerprint density at radius 2 is 1.49 bits per heavy atom. The molecule has 1 heterocycles. The second-order valence-corrected chi connectivity index (χ2v) is 7.36. The summed E-state index contributed by atoms with van der Waals surface area (Å²) in [6.07, 6.45) is -2.09. The molecule has 5 N–H and O–H groups in total. The number of alkyl halides is 3. The molecular weight excluding hydrogens is 505 g/mol. The number of halogens is 3. The Balaban J connectivity index is 0.000000669. The van der Waals surface area contributed by atoms with Crippen molar-refractivity contribution in [3.8, 4) is 5.75 Å². The largest absolute Gasteiger partial charge is 0.494 e. The normalized spacial score (nSPS) is 15.8. The van der Waals surface area contributed by atoms with Crippen LogP contribution < -0.4 is 10.1 Å². The van der Waals surface area contributed by atoms with Gasteiger partial charge in [0.25, 0.3) is 0 Å². The minimum absolute atomic E-state index is 0.347. The van der Waals surface area contributed by atoms with Gasteiger partial charge in [-0.05, 0) is 32.0 Å². The Bertz CT molecular complexity index is 913. The average molecular weight is 534 g/mol. The van der Waals surface area contributed by atoms with E-state index in [1.165, 1.54) is 12.1 Å². The highest BCUT2D eigenvalue weighted by Crippen LogP contribution is 2.33. The van der Waals surface area contributed by atoms with Crippen molar-refractivity contribution in [1.82, 2.24) is 10.2 Å². The van der Waals surface area contributed by atoms with Crippen molar-refractivity contribution < 1.29 is 57.5 Å². The molecule has 2 rings (SSSR count). The first-order valence-corrected chi connectivity index (χ1v) is 10.7. The molecule has 0 aliphatic carbocycles. The number of hydrogen-bond donors (Lipinski definition) is 5. The quantitative estimate of drug-likeness (QED) is 0.310. The van der Waals surface area contributed by atoms with Crippen LogP contribution in [0.3, 0.4) is 0 Å². The molecule has 1 aliphatic rings. The minimum Gasteiger partial charge on any atom is -0.494 e. The third-order valence-corrected chi connectivity index (χ3v) is 4.27. The lowest BCUT2D eigenvalue weighted by Crippen LogP contribution is -2.48. The number of piperazine rings is 1. The van der Waals surface area contributed by atoms with Crippen molar-refractivity contribution in [2.45, 2.75) is 32.6 Å². The maximum atomic E-state index is 12.9. The van der Waals surface area contributed by atoms with Crippen LogP contribution in [0.4, 0.5) is 13.2 Å². The molecule has 0 unspecified atom stereocenters. The molecule has 1 atom stereocenters. The van der Waals surface area contributed by atoms with Crippen molar-refractivity contribution >= 4 is 23.9 Å². The van der Waals surface area contributed by atoms with E-state index in [4.69, 9.17) is 25.2 Å². The fraction of sp³-hybridized carbons (Fsp3) is 0.391. The first-order chi connectivity index (χ1) is 17.1. The lowest BCUT2D eigenvalue weighted by molar-refractivity contribution is -0.138. The standard InChI is InChI=1S/C15H21F3N2O.2C4H4O4/c1-3-21-14-5-4-13(15(16,17)18)8-12(14)10-20-7-6-19-11(2)9-20;2*5-3(6)1-2-4(7)8/h4-5,8,11,19H,3,6-7,9-10H2,1-2H3;2*1-2H,(H,5,6)(H,7,8)/b;2*2-1+/t11-;;/m1../s1. The fourth-order valence-electron chi connectivity index (χ4n) is 2.86. The molecule has 1 saturated heterocycles. The van der Waals surface area contributed by atoms with Gasteiger partial charge in [0, 0.05) is 62.1 Å². The topological polar surface area (TPSA) is 174 Å². The summed E-state index contributed by atoms with van der Waals surface area (Å²) >= 11 is 0. The number of carboxylic acid groups (broad SMARTS) is 4. The van der Waals surface area contributed by atoms with E-state index in [2.05, 4.69) is 17.1 Å². The molecule has 14 heteroatoms. The third-order valence-electron chi connectivity index (χ3n) is 4.27. The van der Waals surface area contributed by atoms with Gasteiger partial charge in [-0.1, -0.05) is 0 Å². The summed E-state index contributed by atoms with van der Waals surface area (Å²) in [4.78, 5) is 40.4. The van der Waals surface area contributed by atoms with Crippen molar-refractivity contribution in [3.63, 3.8) is 0 Å². The summed E-state index contributed by atoms with van der Waals surface area (Å²) in [5.74, 6) is -4.49. The van der Waals surface area contributed by atoms with Gasteiger partial charge in [0.15, 0.2) is 0 Å². The fourth-order valence-corrected chi connectivity index (χ4v) is 2.86. The number of rotatable bonds is 8. The first kappa shape index (κ1) is 33.1. The number of carbonyl (C=O) groups is 4. The summed E-state index contributed by atoms with van der Waals surface area (Å²) in [6, 6.07) is 4.06. The molecule has 0 amide bonds. The molecule has 206 valence electrons. The first-order valence-electron chi connectivity index (χ1n) is 10.7. The highest BCUT2D eigenvalue weighted by atomic mass is 19.4. The van der Waals surface area contributed by atoms with Crippen LogP contribution in [0, 0.1) is 0 Å². The van der Waals surface area contributed by atoms with Gasteiger partial charge in [0.1, 0.15) is 5.75 Å². The molecule has 0 saturated carbocycles. The predicted octanol–water partition coefficient (Wildman–Crippen LogP) is 2.32. The molecule has 1 fully saturated rings. The van der Waals surface area contributed by atoms with E-state index in [-0.39, 0.29) is 0 Å². The summed E-state index contributed by atoms with van der Waals surface area (Å²) in [5, 5.41) is 34.6. The van der Waals surface area contributed by atoms with Crippen LogP contribution >= 0.6 is 0 Å². The molecule has 37 heavy (non-hydrogen) atoms.